The first-order chi connectivity index (χ1) is 14.5. The van der Waals surface area contributed by atoms with Crippen LogP contribution in [0.5, 0.6) is 0 Å². The van der Waals surface area contributed by atoms with Crippen LogP contribution in [0.25, 0.3) is 0 Å². The van der Waals surface area contributed by atoms with Crippen molar-refractivity contribution >= 4 is 15.9 Å². The molecule has 7 heteroatoms. The average molecular weight is 424 g/mol. The fraction of sp³-hybridized carbons (Fsp3) is 0.391. The van der Waals surface area contributed by atoms with Crippen molar-refractivity contribution in [3.63, 3.8) is 0 Å². The smallest absolute Gasteiger partial charge is 0.244 e. The average Bonchev–Trinajstić information content (AvgIpc) is 3.63. The summed E-state index contributed by atoms with van der Waals surface area (Å²) in [5.41, 5.74) is 1.27. The second-order valence-corrected chi connectivity index (χ2v) is 9.88. The summed E-state index contributed by atoms with van der Waals surface area (Å²) in [7, 11) is -3.74. The third-order valence-electron chi connectivity index (χ3n) is 5.89. The van der Waals surface area contributed by atoms with Crippen molar-refractivity contribution in [3.8, 4) is 6.07 Å². The van der Waals surface area contributed by atoms with E-state index < -0.39 is 10.0 Å². The van der Waals surface area contributed by atoms with Gasteiger partial charge in [-0.15, -0.1) is 0 Å². The fourth-order valence-electron chi connectivity index (χ4n) is 4.05. The summed E-state index contributed by atoms with van der Waals surface area (Å²) in [5, 5.41) is 9.25. The van der Waals surface area contributed by atoms with Crippen molar-refractivity contribution in [1.82, 2.24) is 9.21 Å². The third kappa shape index (κ3) is 4.25. The molecule has 1 saturated carbocycles. The molecule has 1 aliphatic carbocycles. The van der Waals surface area contributed by atoms with E-state index in [9.17, 15) is 18.5 Å². The van der Waals surface area contributed by atoms with Gasteiger partial charge in [0.05, 0.1) is 10.5 Å². The molecule has 30 heavy (non-hydrogen) atoms. The van der Waals surface area contributed by atoms with Crippen LogP contribution in [0.4, 0.5) is 0 Å². The minimum Gasteiger partial charge on any atom is -0.335 e. The minimum atomic E-state index is -3.74. The summed E-state index contributed by atoms with van der Waals surface area (Å²) in [6.45, 7) is 1.20. The maximum Gasteiger partial charge on any atom is 0.244 e. The maximum atomic E-state index is 13.2. The number of hydrogen-bond donors (Lipinski definition) is 0. The van der Waals surface area contributed by atoms with E-state index in [0.29, 0.717) is 38.5 Å². The van der Waals surface area contributed by atoms with Gasteiger partial charge in [-0.1, -0.05) is 42.5 Å². The highest BCUT2D eigenvalue weighted by Crippen LogP contribution is 2.33. The predicted molar refractivity (Wildman–Crippen MR) is 113 cm³/mol. The van der Waals surface area contributed by atoms with Gasteiger partial charge in [-0.3, -0.25) is 4.79 Å². The topological polar surface area (TPSA) is 81.5 Å². The van der Waals surface area contributed by atoms with Crippen LogP contribution in [0.3, 0.4) is 0 Å². The van der Waals surface area contributed by atoms with E-state index in [4.69, 9.17) is 0 Å². The molecular weight excluding hydrogens is 398 g/mol. The lowest BCUT2D eigenvalue weighted by Crippen LogP contribution is -2.45. The monoisotopic (exact) mass is 423 g/mol. The molecule has 4 rings (SSSR count). The summed E-state index contributed by atoms with van der Waals surface area (Å²) < 4.78 is 27.4. The molecule has 0 spiro atoms. The number of sulfonamides is 1. The van der Waals surface area contributed by atoms with Crippen LogP contribution in [-0.2, 0) is 21.4 Å². The number of nitrogens with zero attached hydrogens (tertiary/aromatic N) is 3. The zero-order valence-electron chi connectivity index (χ0n) is 16.8. The molecule has 1 saturated heterocycles. The first-order valence-corrected chi connectivity index (χ1v) is 11.8. The van der Waals surface area contributed by atoms with E-state index in [1.54, 1.807) is 12.1 Å². The molecule has 1 heterocycles. The van der Waals surface area contributed by atoms with Crippen molar-refractivity contribution in [2.24, 2.45) is 5.92 Å². The first-order valence-electron chi connectivity index (χ1n) is 10.3. The Balaban J connectivity index is 1.43. The second-order valence-electron chi connectivity index (χ2n) is 7.97. The minimum absolute atomic E-state index is 0.0426. The summed E-state index contributed by atoms with van der Waals surface area (Å²) >= 11 is 0. The summed E-state index contributed by atoms with van der Waals surface area (Å²) in [5.74, 6) is -0.0252. The molecule has 0 aromatic heterocycles. The van der Waals surface area contributed by atoms with Crippen LogP contribution in [0.2, 0.25) is 0 Å². The van der Waals surface area contributed by atoms with Crippen molar-refractivity contribution < 1.29 is 13.2 Å². The lowest BCUT2D eigenvalue weighted by Gasteiger charge is -2.34. The third-order valence-corrected chi connectivity index (χ3v) is 7.85. The van der Waals surface area contributed by atoms with E-state index >= 15 is 0 Å². The molecule has 1 amide bonds. The Labute approximate surface area is 177 Å². The molecule has 0 unspecified atom stereocenters. The van der Waals surface area contributed by atoms with Crippen LogP contribution in [0, 0.1) is 17.2 Å². The van der Waals surface area contributed by atoms with Crippen LogP contribution >= 0.6 is 0 Å². The van der Waals surface area contributed by atoms with Crippen molar-refractivity contribution in [2.75, 3.05) is 13.1 Å². The van der Waals surface area contributed by atoms with Crippen LogP contribution < -0.4 is 0 Å². The number of hydrogen-bond acceptors (Lipinski definition) is 4. The maximum absolute atomic E-state index is 13.2. The van der Waals surface area contributed by atoms with E-state index in [-0.39, 0.29) is 22.3 Å². The molecule has 6 nitrogen and oxygen atoms in total. The molecule has 0 atom stereocenters. The Morgan fingerprint density at radius 1 is 1.00 bits per heavy atom. The summed E-state index contributed by atoms with van der Waals surface area (Å²) in [4.78, 5) is 15.2. The van der Waals surface area contributed by atoms with Gasteiger partial charge in [-0.25, -0.2) is 8.42 Å². The standard InChI is InChI=1S/C23H25N3O3S/c24-16-20-8-4-5-9-22(20)30(28,29)25-14-12-19(13-15-25)23(27)26(21-10-11-21)17-18-6-2-1-3-7-18/h1-9,19,21H,10-15,17H2. The number of piperidine rings is 1. The molecule has 2 aliphatic rings. The normalized spacial score (nSPS) is 18.0. The Hall–Kier alpha value is -2.69. The van der Waals surface area contributed by atoms with Gasteiger partial charge in [-0.05, 0) is 43.4 Å². The van der Waals surface area contributed by atoms with Crippen molar-refractivity contribution in [1.29, 1.82) is 5.26 Å². The van der Waals surface area contributed by atoms with Crippen LogP contribution in [0.1, 0.15) is 36.8 Å². The number of benzene rings is 2. The second kappa shape index (κ2) is 8.58. The quantitative estimate of drug-likeness (QED) is 0.715. The van der Waals surface area contributed by atoms with Gasteiger partial charge >= 0.3 is 0 Å². The van der Waals surface area contributed by atoms with Gasteiger partial charge in [0, 0.05) is 31.6 Å². The molecule has 0 bridgehead atoms. The molecule has 156 valence electrons. The number of carbonyl (C=O) groups is 1. The number of carbonyl (C=O) groups excluding carboxylic acids is 1. The van der Waals surface area contributed by atoms with E-state index in [0.717, 1.165) is 18.4 Å². The van der Waals surface area contributed by atoms with Gasteiger partial charge < -0.3 is 4.90 Å². The Morgan fingerprint density at radius 3 is 2.27 bits per heavy atom. The Bertz CT molecular complexity index is 1050. The molecule has 2 aromatic rings. The molecule has 0 radical (unpaired) electrons. The highest BCUT2D eigenvalue weighted by Gasteiger charge is 2.39. The largest absolute Gasteiger partial charge is 0.335 e. The lowest BCUT2D eigenvalue weighted by atomic mass is 9.96. The van der Waals surface area contributed by atoms with Crippen molar-refractivity contribution in [3.05, 3.63) is 65.7 Å². The van der Waals surface area contributed by atoms with E-state index in [1.807, 2.05) is 41.3 Å². The number of nitriles is 1. The van der Waals surface area contributed by atoms with Gasteiger partial charge in [0.2, 0.25) is 15.9 Å². The molecule has 1 aliphatic heterocycles. The summed E-state index contributed by atoms with van der Waals surface area (Å²) in [6, 6.07) is 18.5. The lowest BCUT2D eigenvalue weighted by molar-refractivity contribution is -0.138. The Kier molecular flexibility index (Phi) is 5.89. The van der Waals surface area contributed by atoms with E-state index in [1.165, 1.54) is 16.4 Å². The van der Waals surface area contributed by atoms with Gasteiger partial charge in [-0.2, -0.15) is 9.57 Å². The highest BCUT2D eigenvalue weighted by atomic mass is 32.2. The fourth-order valence-corrected chi connectivity index (χ4v) is 5.67. The summed E-state index contributed by atoms with van der Waals surface area (Å²) in [6.07, 6.45) is 3.09. The highest BCUT2D eigenvalue weighted by molar-refractivity contribution is 7.89. The number of amides is 1. The Morgan fingerprint density at radius 2 is 1.63 bits per heavy atom. The zero-order chi connectivity index (χ0) is 21.1. The molecule has 2 fully saturated rings. The molecule has 2 aromatic carbocycles. The van der Waals surface area contributed by atoms with Crippen LogP contribution in [0.15, 0.2) is 59.5 Å². The van der Waals surface area contributed by atoms with Crippen LogP contribution in [-0.4, -0.2) is 42.7 Å². The van der Waals surface area contributed by atoms with Crippen molar-refractivity contribution in [2.45, 2.75) is 43.2 Å². The number of rotatable bonds is 6. The SMILES string of the molecule is N#Cc1ccccc1S(=O)(=O)N1CCC(C(=O)N(Cc2ccccc2)C2CC2)CC1. The van der Waals surface area contributed by atoms with E-state index in [2.05, 4.69) is 0 Å². The van der Waals surface area contributed by atoms with Gasteiger partial charge in [0.15, 0.2) is 0 Å². The molecule has 0 N–H and O–H groups in total. The zero-order valence-corrected chi connectivity index (χ0v) is 17.6. The predicted octanol–water partition coefficient (Wildman–Crippen LogP) is 3.15. The van der Waals surface area contributed by atoms with Gasteiger partial charge in [0.1, 0.15) is 6.07 Å². The first kappa shape index (κ1) is 20.6. The van der Waals surface area contributed by atoms with Gasteiger partial charge in [0.25, 0.3) is 0 Å². The molecular formula is C23H25N3O3S.